The van der Waals surface area contributed by atoms with Crippen LogP contribution in [-0.2, 0) is 14.9 Å². The van der Waals surface area contributed by atoms with Crippen LogP contribution in [0.25, 0.3) is 0 Å². The predicted octanol–water partition coefficient (Wildman–Crippen LogP) is 0.754. The summed E-state index contributed by atoms with van der Waals surface area (Å²) in [6, 6.07) is 0. The summed E-state index contributed by atoms with van der Waals surface area (Å²) in [5.41, 5.74) is 0. The molecule has 0 amide bonds. The Kier molecular flexibility index (Phi) is 2.98. The number of alkyl halides is 4. The van der Waals surface area contributed by atoms with Crippen LogP contribution in [0.4, 0.5) is 22.4 Å². The number of carbonyl (C=O) groups is 1. The van der Waals surface area contributed by atoms with E-state index < -0.39 is 27.6 Å². The average Bonchev–Trinajstić information content (AvgIpc) is 1.80. The number of halogens is 4. The van der Waals surface area contributed by atoms with Crippen molar-refractivity contribution < 1.29 is 45.2 Å². The molecule has 84 valence electrons. The van der Waals surface area contributed by atoms with Crippen LogP contribution in [0.3, 0.4) is 0 Å². The summed E-state index contributed by atoms with van der Waals surface area (Å²) in [6.45, 7) is 0. The molecule has 0 bridgehead atoms. The van der Waals surface area contributed by atoms with E-state index in [1.807, 2.05) is 0 Å². The maximum absolute atomic E-state index is 12.1. The molecule has 14 heavy (non-hydrogen) atoms. The molecule has 11 heteroatoms. The Hall–Kier alpha value is -1.10. The maximum atomic E-state index is 12.1. The average molecular weight is 242 g/mol. The Bertz CT molecular complexity index is 333. The van der Waals surface area contributed by atoms with Crippen molar-refractivity contribution in [3.8, 4) is 0 Å². The highest BCUT2D eigenvalue weighted by Gasteiger charge is 2.69. The van der Waals surface area contributed by atoms with E-state index in [0.717, 1.165) is 0 Å². The minimum atomic E-state index is -6.48. The van der Waals surface area contributed by atoms with Crippen LogP contribution in [0.2, 0.25) is 0 Å². The van der Waals surface area contributed by atoms with E-state index in [2.05, 4.69) is 4.74 Å². The lowest BCUT2D eigenvalue weighted by molar-refractivity contribution is -0.294. The molecule has 0 rings (SSSR count). The second kappa shape index (κ2) is 3.24. The number of hydrogen-bond acceptors (Lipinski definition) is 4. The first-order valence-electron chi connectivity index (χ1n) is 2.56. The molecular weight excluding hydrogens is 240 g/mol. The molecule has 0 radical (unpaired) electrons. The third-order valence-corrected chi connectivity index (χ3v) is 1.76. The molecule has 0 aromatic rings. The van der Waals surface area contributed by atoms with Crippen molar-refractivity contribution in [3.05, 3.63) is 0 Å². The molecule has 0 fully saturated rings. The van der Waals surface area contributed by atoms with E-state index in [1.165, 1.54) is 0 Å². The van der Waals surface area contributed by atoms with Gasteiger partial charge in [0.05, 0.1) is 0 Å². The van der Waals surface area contributed by atoms with Crippen LogP contribution < -0.4 is 0 Å². The van der Waals surface area contributed by atoms with Gasteiger partial charge >= 0.3 is 27.6 Å². The maximum Gasteiger partial charge on any atom is 0.510 e. The second-order valence-electron chi connectivity index (χ2n) is 1.88. The number of hydrogen-bond donors (Lipinski definition) is 2. The van der Waals surface area contributed by atoms with Gasteiger partial charge in [-0.25, -0.2) is 4.79 Å². The lowest BCUT2D eigenvalue weighted by atomic mass is 10.6. The molecule has 0 heterocycles. The van der Waals surface area contributed by atoms with Gasteiger partial charge in [0, 0.05) is 0 Å². The number of rotatable bonds is 3. The Morgan fingerprint density at radius 2 is 1.57 bits per heavy atom. The fourth-order valence-electron chi connectivity index (χ4n) is 0.319. The highest BCUT2D eigenvalue weighted by Crippen LogP contribution is 2.39. The third kappa shape index (κ3) is 2.23. The van der Waals surface area contributed by atoms with Crippen molar-refractivity contribution in [1.29, 1.82) is 0 Å². The molecule has 0 unspecified atom stereocenters. The van der Waals surface area contributed by atoms with Gasteiger partial charge in [0.2, 0.25) is 0 Å². The van der Waals surface area contributed by atoms with E-state index in [0.29, 0.717) is 0 Å². The molecule has 0 atom stereocenters. The summed E-state index contributed by atoms with van der Waals surface area (Å²) >= 11 is 0. The minimum absolute atomic E-state index is 2.32. The van der Waals surface area contributed by atoms with E-state index in [1.54, 1.807) is 0 Å². The zero-order valence-corrected chi connectivity index (χ0v) is 6.76. The van der Waals surface area contributed by atoms with Crippen LogP contribution in [0.1, 0.15) is 0 Å². The van der Waals surface area contributed by atoms with Crippen LogP contribution >= 0.6 is 0 Å². The largest absolute Gasteiger partial charge is 0.510 e. The molecule has 0 saturated carbocycles. The van der Waals surface area contributed by atoms with Gasteiger partial charge in [-0.15, -0.1) is 0 Å². The van der Waals surface area contributed by atoms with Gasteiger partial charge in [0.15, 0.2) is 0 Å². The summed E-state index contributed by atoms with van der Waals surface area (Å²) in [4.78, 5) is 9.48. The van der Waals surface area contributed by atoms with Gasteiger partial charge in [0.25, 0.3) is 0 Å². The van der Waals surface area contributed by atoms with E-state index >= 15 is 0 Å². The predicted molar refractivity (Wildman–Crippen MR) is 30.6 cm³/mol. The van der Waals surface area contributed by atoms with Crippen LogP contribution in [0, 0.1) is 0 Å². The molecule has 0 aromatic heterocycles. The highest BCUT2D eigenvalue weighted by molar-refractivity contribution is 7.86. The molecule has 0 aliphatic carbocycles. The van der Waals surface area contributed by atoms with Crippen molar-refractivity contribution >= 4 is 16.3 Å². The van der Waals surface area contributed by atoms with Gasteiger partial charge in [0.1, 0.15) is 0 Å². The van der Waals surface area contributed by atoms with Crippen molar-refractivity contribution in [2.45, 2.75) is 11.4 Å². The monoisotopic (exact) mass is 242 g/mol. The second-order valence-corrected chi connectivity index (χ2v) is 3.34. The van der Waals surface area contributed by atoms with E-state index in [4.69, 9.17) is 9.66 Å². The summed E-state index contributed by atoms with van der Waals surface area (Å²) in [5, 5.41) is 1.52. The fraction of sp³-hybridized carbons (Fsp3) is 0.667. The molecule has 0 spiro atoms. The van der Waals surface area contributed by atoms with E-state index in [9.17, 15) is 30.8 Å². The standard InChI is InChI=1S/C3H2F4O6S/c4-2(5,13-1(8)9)3(6,7)14(10,11)12/h(H,8,9)(H,10,11,12). The first-order chi connectivity index (χ1) is 5.92. The zero-order chi connectivity index (χ0) is 11.8. The molecular formula is C3H2F4O6S. The molecule has 2 N–H and O–H groups in total. The SMILES string of the molecule is O=C(O)OC(F)(F)C(F)(F)S(=O)(=O)O. The summed E-state index contributed by atoms with van der Waals surface area (Å²) in [7, 11) is -6.48. The zero-order valence-electron chi connectivity index (χ0n) is 5.95. The lowest BCUT2D eigenvalue weighted by Crippen LogP contribution is -2.49. The van der Waals surface area contributed by atoms with Gasteiger partial charge < -0.3 is 9.84 Å². The smallest absolute Gasteiger partial charge is 0.450 e. The quantitative estimate of drug-likeness (QED) is 0.430. The molecule has 0 aromatic carbocycles. The molecule has 0 saturated heterocycles. The van der Waals surface area contributed by atoms with Gasteiger partial charge in [-0.3, -0.25) is 4.55 Å². The Labute approximate surface area is 73.8 Å². The van der Waals surface area contributed by atoms with Gasteiger partial charge in [-0.1, -0.05) is 0 Å². The van der Waals surface area contributed by atoms with Crippen molar-refractivity contribution in [3.63, 3.8) is 0 Å². The van der Waals surface area contributed by atoms with Crippen LogP contribution in [-0.4, -0.2) is 35.6 Å². The third-order valence-electron chi connectivity index (χ3n) is 0.878. The fourth-order valence-corrected chi connectivity index (χ4v) is 0.661. The minimum Gasteiger partial charge on any atom is -0.450 e. The van der Waals surface area contributed by atoms with Crippen molar-refractivity contribution in [1.82, 2.24) is 0 Å². The number of ether oxygens (including phenoxy) is 1. The molecule has 6 nitrogen and oxygen atoms in total. The highest BCUT2D eigenvalue weighted by atomic mass is 32.2. The normalized spacial score (nSPS) is 13.8. The first-order valence-corrected chi connectivity index (χ1v) is 4.00. The van der Waals surface area contributed by atoms with Crippen molar-refractivity contribution in [2.75, 3.05) is 0 Å². The first kappa shape index (κ1) is 12.9. The van der Waals surface area contributed by atoms with Crippen molar-refractivity contribution in [2.24, 2.45) is 0 Å². The van der Waals surface area contributed by atoms with Gasteiger partial charge in [-0.2, -0.15) is 26.0 Å². The Morgan fingerprint density at radius 3 is 1.79 bits per heavy atom. The van der Waals surface area contributed by atoms with Crippen LogP contribution in [0.15, 0.2) is 0 Å². The molecule has 0 aliphatic rings. The topological polar surface area (TPSA) is 101 Å². The summed E-state index contributed by atoms with van der Waals surface area (Å²) in [5.74, 6) is 0. The van der Waals surface area contributed by atoms with E-state index in [-0.39, 0.29) is 0 Å². The summed E-state index contributed by atoms with van der Waals surface area (Å²) < 4.78 is 77.8. The lowest BCUT2D eigenvalue weighted by Gasteiger charge is -2.21. The van der Waals surface area contributed by atoms with Crippen LogP contribution in [0.5, 0.6) is 0 Å². The Balaban J connectivity index is 5.18. The Morgan fingerprint density at radius 1 is 1.21 bits per heavy atom. The summed E-state index contributed by atoms with van der Waals surface area (Å²) in [6.07, 6.45) is -8.69. The number of carboxylic acid groups (broad SMARTS) is 1. The van der Waals surface area contributed by atoms with Gasteiger partial charge in [-0.05, 0) is 0 Å². The molecule has 0 aliphatic heterocycles.